The first kappa shape index (κ1) is 19.8. The number of ether oxygens (including phenoxy) is 2. The molecule has 0 radical (unpaired) electrons. The van der Waals surface area contributed by atoms with Crippen LogP contribution in [0.15, 0.2) is 35.5 Å². The van der Waals surface area contributed by atoms with Crippen molar-refractivity contribution in [3.05, 3.63) is 41.1 Å². The molecule has 1 aromatic rings. The molecule has 1 unspecified atom stereocenters. The van der Waals surface area contributed by atoms with Crippen molar-refractivity contribution < 1.29 is 19.1 Å². The molecule has 142 valence electrons. The van der Waals surface area contributed by atoms with E-state index in [4.69, 9.17) is 9.47 Å². The van der Waals surface area contributed by atoms with Gasteiger partial charge in [0.2, 0.25) is 0 Å². The van der Waals surface area contributed by atoms with Crippen molar-refractivity contribution in [2.75, 3.05) is 6.61 Å². The van der Waals surface area contributed by atoms with Crippen LogP contribution in [0.1, 0.15) is 58.6 Å². The lowest BCUT2D eigenvalue weighted by Gasteiger charge is -2.29. The summed E-state index contributed by atoms with van der Waals surface area (Å²) in [5, 5.41) is 5.47. The number of nitrogens with one attached hydrogen (secondary N) is 2. The molecule has 6 nitrogen and oxygen atoms in total. The maximum Gasteiger partial charge on any atom is 0.338 e. The van der Waals surface area contributed by atoms with Crippen LogP contribution in [0.2, 0.25) is 0 Å². The molecule has 6 heteroatoms. The second-order valence-electron chi connectivity index (χ2n) is 6.62. The van der Waals surface area contributed by atoms with Gasteiger partial charge in [-0.05, 0) is 33.3 Å². The molecule has 0 aliphatic carbocycles. The van der Waals surface area contributed by atoms with Gasteiger partial charge in [-0.25, -0.2) is 9.59 Å². The van der Waals surface area contributed by atoms with Crippen LogP contribution in [0.4, 0.5) is 4.79 Å². The van der Waals surface area contributed by atoms with E-state index in [1.807, 2.05) is 24.3 Å². The van der Waals surface area contributed by atoms with Crippen molar-refractivity contribution in [2.45, 2.75) is 59.1 Å². The summed E-state index contributed by atoms with van der Waals surface area (Å²) in [7, 11) is 0. The quantitative estimate of drug-likeness (QED) is 0.545. The van der Waals surface area contributed by atoms with Crippen LogP contribution in [-0.4, -0.2) is 24.7 Å². The number of carbonyl (C=O) groups excluding carboxylic acids is 2. The second kappa shape index (κ2) is 9.27. The number of amides is 2. The Hall–Kier alpha value is -2.50. The van der Waals surface area contributed by atoms with Crippen molar-refractivity contribution in [3.8, 4) is 5.75 Å². The monoisotopic (exact) mass is 360 g/mol. The predicted octanol–water partition coefficient (Wildman–Crippen LogP) is 3.84. The molecule has 0 fully saturated rings. The first-order valence-electron chi connectivity index (χ1n) is 9.15. The summed E-state index contributed by atoms with van der Waals surface area (Å²) in [6, 6.07) is 6.50. The summed E-state index contributed by atoms with van der Waals surface area (Å²) in [6.07, 6.45) is 2.92. The Balaban J connectivity index is 2.33. The number of urea groups is 1. The Kier molecular flexibility index (Phi) is 7.06. The van der Waals surface area contributed by atoms with E-state index in [0.717, 1.165) is 24.8 Å². The lowest BCUT2D eigenvalue weighted by Crippen LogP contribution is -2.45. The molecular weight excluding hydrogens is 332 g/mol. The van der Waals surface area contributed by atoms with Gasteiger partial charge in [-0.1, -0.05) is 38.0 Å². The third-order valence-electron chi connectivity index (χ3n) is 4.07. The van der Waals surface area contributed by atoms with Gasteiger partial charge in [0, 0.05) is 11.3 Å². The highest BCUT2D eigenvalue weighted by Gasteiger charge is 2.34. The zero-order valence-electron chi connectivity index (χ0n) is 15.9. The van der Waals surface area contributed by atoms with E-state index in [1.54, 1.807) is 20.8 Å². The molecular formula is C20H28N2O4. The van der Waals surface area contributed by atoms with Crippen LogP contribution in [0.5, 0.6) is 5.75 Å². The van der Waals surface area contributed by atoms with Gasteiger partial charge in [0.1, 0.15) is 5.75 Å². The Morgan fingerprint density at radius 2 is 1.96 bits per heavy atom. The van der Waals surface area contributed by atoms with E-state index in [0.29, 0.717) is 23.6 Å². The molecule has 0 aromatic heterocycles. The van der Waals surface area contributed by atoms with Crippen LogP contribution in [0.25, 0.3) is 0 Å². The molecule has 2 rings (SSSR count). The van der Waals surface area contributed by atoms with Gasteiger partial charge in [-0.3, -0.25) is 0 Å². The fourth-order valence-corrected chi connectivity index (χ4v) is 2.86. The average molecular weight is 360 g/mol. The molecule has 0 spiro atoms. The van der Waals surface area contributed by atoms with Crippen LogP contribution >= 0.6 is 0 Å². The molecule has 1 aliphatic rings. The number of unbranched alkanes of at least 4 members (excludes halogenated alkanes) is 2. The fourth-order valence-electron chi connectivity index (χ4n) is 2.86. The van der Waals surface area contributed by atoms with E-state index in [9.17, 15) is 9.59 Å². The van der Waals surface area contributed by atoms with E-state index in [-0.39, 0.29) is 12.1 Å². The zero-order chi connectivity index (χ0) is 19.1. The molecule has 1 aliphatic heterocycles. The summed E-state index contributed by atoms with van der Waals surface area (Å²) >= 11 is 0. The average Bonchev–Trinajstić information content (AvgIpc) is 2.57. The van der Waals surface area contributed by atoms with Gasteiger partial charge < -0.3 is 20.1 Å². The minimum atomic E-state index is -0.614. The van der Waals surface area contributed by atoms with Crippen molar-refractivity contribution in [1.29, 1.82) is 0 Å². The number of para-hydroxylation sites is 1. The van der Waals surface area contributed by atoms with Crippen molar-refractivity contribution in [1.82, 2.24) is 10.6 Å². The molecule has 2 amide bonds. The fraction of sp³-hybridized carbons (Fsp3) is 0.500. The smallest absolute Gasteiger partial charge is 0.338 e. The van der Waals surface area contributed by atoms with Gasteiger partial charge in [-0.15, -0.1) is 0 Å². The highest BCUT2D eigenvalue weighted by Crippen LogP contribution is 2.33. The lowest BCUT2D eigenvalue weighted by atomic mass is 9.95. The Morgan fingerprint density at radius 3 is 2.65 bits per heavy atom. The number of hydrogen-bond donors (Lipinski definition) is 2. The van der Waals surface area contributed by atoms with Crippen LogP contribution in [0, 0.1) is 0 Å². The Morgan fingerprint density at radius 1 is 1.23 bits per heavy atom. The molecule has 0 bridgehead atoms. The minimum absolute atomic E-state index is 0.249. The number of carbonyl (C=O) groups is 2. The third-order valence-corrected chi connectivity index (χ3v) is 4.07. The Bertz CT molecular complexity index is 682. The summed E-state index contributed by atoms with van der Waals surface area (Å²) in [5.74, 6) is 0.217. The first-order valence-corrected chi connectivity index (χ1v) is 9.15. The summed E-state index contributed by atoms with van der Waals surface area (Å²) in [4.78, 5) is 24.6. The van der Waals surface area contributed by atoms with Gasteiger partial charge >= 0.3 is 12.0 Å². The largest absolute Gasteiger partial charge is 0.493 e. The van der Waals surface area contributed by atoms with Gasteiger partial charge in [-0.2, -0.15) is 0 Å². The van der Waals surface area contributed by atoms with Gasteiger partial charge in [0.05, 0.1) is 24.3 Å². The predicted molar refractivity (Wildman–Crippen MR) is 99.8 cm³/mol. The first-order chi connectivity index (χ1) is 12.4. The van der Waals surface area contributed by atoms with E-state index in [1.165, 1.54) is 0 Å². The van der Waals surface area contributed by atoms with Crippen LogP contribution in [0.3, 0.4) is 0 Å². The zero-order valence-corrected chi connectivity index (χ0v) is 15.9. The lowest BCUT2D eigenvalue weighted by molar-refractivity contribution is -0.143. The Labute approximate surface area is 154 Å². The third kappa shape index (κ3) is 5.00. The molecule has 1 aromatic carbocycles. The van der Waals surface area contributed by atoms with Crippen molar-refractivity contribution >= 4 is 12.0 Å². The number of allylic oxidation sites excluding steroid dienone is 1. The standard InChI is InChI=1S/C20H28N2O4/c1-5-6-9-12-25-16-11-8-7-10-15(16)18-17(19(23)26-13(2)3)14(4)21-20(24)22-18/h7-8,10-11,13,18H,5-6,9,12H2,1-4H3,(H2,21,22,24). The van der Waals surface area contributed by atoms with Crippen molar-refractivity contribution in [2.24, 2.45) is 0 Å². The second-order valence-corrected chi connectivity index (χ2v) is 6.62. The normalized spacial score (nSPS) is 17.0. The van der Waals surface area contributed by atoms with Crippen LogP contribution < -0.4 is 15.4 Å². The number of esters is 1. The maximum absolute atomic E-state index is 12.6. The molecule has 0 saturated heterocycles. The minimum Gasteiger partial charge on any atom is -0.493 e. The molecule has 1 atom stereocenters. The molecule has 26 heavy (non-hydrogen) atoms. The number of rotatable bonds is 8. The molecule has 2 N–H and O–H groups in total. The van der Waals surface area contributed by atoms with E-state index in [2.05, 4.69) is 17.6 Å². The maximum atomic E-state index is 12.6. The van der Waals surface area contributed by atoms with Gasteiger partial charge in [0.25, 0.3) is 0 Å². The summed E-state index contributed by atoms with van der Waals surface area (Å²) < 4.78 is 11.3. The van der Waals surface area contributed by atoms with Crippen molar-refractivity contribution in [3.63, 3.8) is 0 Å². The molecule has 0 saturated carbocycles. The SMILES string of the molecule is CCCCCOc1ccccc1C1NC(=O)NC(C)=C1C(=O)OC(C)C. The summed E-state index contributed by atoms with van der Waals surface area (Å²) in [5.41, 5.74) is 1.63. The topological polar surface area (TPSA) is 76.7 Å². The highest BCUT2D eigenvalue weighted by atomic mass is 16.5. The van der Waals surface area contributed by atoms with E-state index < -0.39 is 12.0 Å². The van der Waals surface area contributed by atoms with Gasteiger partial charge in [0.15, 0.2) is 0 Å². The molecule has 1 heterocycles. The summed E-state index contributed by atoms with van der Waals surface area (Å²) in [6.45, 7) is 8.02. The van der Waals surface area contributed by atoms with E-state index >= 15 is 0 Å². The number of benzene rings is 1. The number of hydrogen-bond acceptors (Lipinski definition) is 4. The van der Waals surface area contributed by atoms with Crippen LogP contribution in [-0.2, 0) is 9.53 Å². The highest BCUT2D eigenvalue weighted by molar-refractivity contribution is 5.95.